The molecule has 0 saturated carbocycles. The molecule has 5 nitrogen and oxygen atoms in total. The Morgan fingerprint density at radius 1 is 1.11 bits per heavy atom. The van der Waals surface area contributed by atoms with Gasteiger partial charge >= 0.3 is 0 Å². The average Bonchev–Trinajstić information content (AvgIpc) is 2.27. The quantitative estimate of drug-likeness (QED) is 0.673. The van der Waals surface area contributed by atoms with Crippen LogP contribution in [0.4, 0.5) is 5.69 Å². The van der Waals surface area contributed by atoms with Crippen LogP contribution in [0.2, 0.25) is 0 Å². The smallest absolute Gasteiger partial charge is 0.238 e. The van der Waals surface area contributed by atoms with Crippen molar-refractivity contribution in [3.05, 3.63) is 29.3 Å². The van der Waals surface area contributed by atoms with E-state index < -0.39 is 0 Å². The van der Waals surface area contributed by atoms with Gasteiger partial charge < -0.3 is 15.5 Å². The van der Waals surface area contributed by atoms with Crippen LogP contribution in [0.25, 0.3) is 0 Å². The summed E-state index contributed by atoms with van der Waals surface area (Å²) < 4.78 is 0. The third-order valence-electron chi connectivity index (χ3n) is 2.71. The first-order valence-electron chi connectivity index (χ1n) is 6.37. The molecule has 1 rings (SSSR count). The first-order chi connectivity index (χ1) is 9.05. The minimum Gasteiger partial charge on any atom is -0.395 e. The fraction of sp³-hybridized carbons (Fsp3) is 0.500. The molecule has 0 aliphatic heterocycles. The Kier molecular flexibility index (Phi) is 6.49. The normalized spacial score (nSPS) is 10.8. The molecule has 1 amide bonds. The maximum Gasteiger partial charge on any atom is 0.238 e. The lowest BCUT2D eigenvalue weighted by molar-refractivity contribution is -0.117. The van der Waals surface area contributed by atoms with Crippen LogP contribution in [0.15, 0.2) is 18.2 Å². The minimum absolute atomic E-state index is 0.0309. The summed E-state index contributed by atoms with van der Waals surface area (Å²) in [4.78, 5) is 13.6. The molecule has 3 N–H and O–H groups in total. The molecule has 0 atom stereocenters. The molecule has 0 aliphatic rings. The van der Waals surface area contributed by atoms with Crippen LogP contribution in [0.3, 0.4) is 0 Å². The largest absolute Gasteiger partial charge is 0.395 e. The van der Waals surface area contributed by atoms with Gasteiger partial charge in [-0.1, -0.05) is 6.07 Å². The third-order valence-corrected chi connectivity index (χ3v) is 2.71. The first kappa shape index (κ1) is 15.6. The number of aryl methyl sites for hydroxylation is 2. The van der Waals surface area contributed by atoms with E-state index in [0.717, 1.165) is 16.8 Å². The van der Waals surface area contributed by atoms with Crippen molar-refractivity contribution in [3.8, 4) is 0 Å². The summed E-state index contributed by atoms with van der Waals surface area (Å²) >= 11 is 0. The van der Waals surface area contributed by atoms with Crippen molar-refractivity contribution in [1.29, 1.82) is 0 Å². The molecule has 1 aromatic rings. The minimum atomic E-state index is -0.146. The van der Waals surface area contributed by atoms with Gasteiger partial charge in [0.25, 0.3) is 0 Å². The summed E-state index contributed by atoms with van der Waals surface area (Å²) in [6.45, 7) is 4.81. The molecule has 0 aromatic heterocycles. The maximum atomic E-state index is 11.9. The van der Waals surface area contributed by atoms with E-state index in [0.29, 0.717) is 13.1 Å². The molecule has 0 unspecified atom stereocenters. The maximum absolute atomic E-state index is 11.9. The Morgan fingerprint density at radius 2 is 1.63 bits per heavy atom. The summed E-state index contributed by atoms with van der Waals surface area (Å²) in [6.07, 6.45) is 0. The number of hydrogen-bond acceptors (Lipinski definition) is 4. The van der Waals surface area contributed by atoms with Gasteiger partial charge in [0.05, 0.1) is 19.8 Å². The van der Waals surface area contributed by atoms with E-state index in [1.54, 1.807) is 4.90 Å². The van der Waals surface area contributed by atoms with Crippen LogP contribution >= 0.6 is 0 Å². The highest BCUT2D eigenvalue weighted by molar-refractivity contribution is 5.92. The standard InChI is InChI=1S/C14H22N2O3/c1-11-7-12(2)9-13(8-11)15-14(19)10-16(3-5-17)4-6-18/h7-9,17-18H,3-6,10H2,1-2H3,(H,15,19). The van der Waals surface area contributed by atoms with Gasteiger partial charge in [0.1, 0.15) is 0 Å². The number of carbonyl (C=O) groups excluding carboxylic acids is 1. The molecular formula is C14H22N2O3. The fourth-order valence-corrected chi connectivity index (χ4v) is 2.00. The van der Waals surface area contributed by atoms with Gasteiger partial charge in [0.15, 0.2) is 0 Å². The van der Waals surface area contributed by atoms with Crippen molar-refractivity contribution in [2.45, 2.75) is 13.8 Å². The second kappa shape index (κ2) is 7.89. The van der Waals surface area contributed by atoms with Crippen molar-refractivity contribution < 1.29 is 15.0 Å². The van der Waals surface area contributed by atoms with Gasteiger partial charge in [-0.3, -0.25) is 9.69 Å². The summed E-state index contributed by atoms with van der Waals surface area (Å²) in [5.74, 6) is -0.146. The van der Waals surface area contributed by atoms with Crippen LogP contribution < -0.4 is 5.32 Å². The van der Waals surface area contributed by atoms with E-state index in [2.05, 4.69) is 5.32 Å². The average molecular weight is 266 g/mol. The Hall–Kier alpha value is -1.43. The van der Waals surface area contributed by atoms with Crippen molar-refractivity contribution >= 4 is 11.6 Å². The van der Waals surface area contributed by atoms with Crippen molar-refractivity contribution in [2.24, 2.45) is 0 Å². The number of anilines is 1. The molecule has 0 spiro atoms. The Morgan fingerprint density at radius 3 is 2.11 bits per heavy atom. The van der Waals surface area contributed by atoms with Crippen LogP contribution in [0.1, 0.15) is 11.1 Å². The molecule has 106 valence electrons. The van der Waals surface area contributed by atoms with Gasteiger partial charge in [0.2, 0.25) is 5.91 Å². The van der Waals surface area contributed by atoms with Gasteiger partial charge in [0, 0.05) is 18.8 Å². The molecule has 0 radical (unpaired) electrons. The lowest BCUT2D eigenvalue weighted by Crippen LogP contribution is -2.37. The van der Waals surface area contributed by atoms with Crippen molar-refractivity contribution in [2.75, 3.05) is 38.2 Å². The molecule has 19 heavy (non-hydrogen) atoms. The predicted molar refractivity (Wildman–Crippen MR) is 75.2 cm³/mol. The first-order valence-corrected chi connectivity index (χ1v) is 6.37. The molecule has 0 bridgehead atoms. The summed E-state index contributed by atoms with van der Waals surface area (Å²) in [5.41, 5.74) is 2.96. The van der Waals surface area contributed by atoms with Gasteiger partial charge in [-0.05, 0) is 37.1 Å². The molecule has 5 heteroatoms. The van der Waals surface area contributed by atoms with Crippen LogP contribution in [-0.4, -0.2) is 53.9 Å². The summed E-state index contributed by atoms with van der Waals surface area (Å²) in [5, 5.41) is 20.6. The van der Waals surface area contributed by atoms with Gasteiger partial charge in [-0.25, -0.2) is 0 Å². The topological polar surface area (TPSA) is 72.8 Å². The second-order valence-corrected chi connectivity index (χ2v) is 4.65. The van der Waals surface area contributed by atoms with E-state index in [1.807, 2.05) is 32.0 Å². The van der Waals surface area contributed by atoms with Gasteiger partial charge in [-0.15, -0.1) is 0 Å². The number of rotatable bonds is 7. The highest BCUT2D eigenvalue weighted by Gasteiger charge is 2.10. The summed E-state index contributed by atoms with van der Waals surface area (Å²) in [6, 6.07) is 5.86. The lowest BCUT2D eigenvalue weighted by Gasteiger charge is -2.19. The Bertz CT molecular complexity index is 395. The molecule has 1 aromatic carbocycles. The SMILES string of the molecule is Cc1cc(C)cc(NC(=O)CN(CCO)CCO)c1. The number of benzene rings is 1. The van der Waals surface area contributed by atoms with E-state index in [1.165, 1.54) is 0 Å². The fourth-order valence-electron chi connectivity index (χ4n) is 2.00. The number of carbonyl (C=O) groups is 1. The van der Waals surface area contributed by atoms with E-state index in [4.69, 9.17) is 10.2 Å². The number of aliphatic hydroxyl groups excluding tert-OH is 2. The van der Waals surface area contributed by atoms with Crippen molar-refractivity contribution in [3.63, 3.8) is 0 Å². The monoisotopic (exact) mass is 266 g/mol. The number of aliphatic hydroxyl groups is 2. The summed E-state index contributed by atoms with van der Waals surface area (Å²) in [7, 11) is 0. The van der Waals surface area contributed by atoms with E-state index in [9.17, 15) is 4.79 Å². The number of nitrogens with one attached hydrogen (secondary N) is 1. The number of nitrogens with zero attached hydrogens (tertiary/aromatic N) is 1. The molecule has 0 fully saturated rings. The van der Waals surface area contributed by atoms with Crippen LogP contribution in [0.5, 0.6) is 0 Å². The molecular weight excluding hydrogens is 244 g/mol. The predicted octanol–water partition coefficient (Wildman–Crippen LogP) is 0.529. The molecule has 0 saturated heterocycles. The van der Waals surface area contributed by atoms with Crippen LogP contribution in [-0.2, 0) is 4.79 Å². The van der Waals surface area contributed by atoms with Crippen LogP contribution in [0, 0.1) is 13.8 Å². The third kappa shape index (κ3) is 5.83. The zero-order chi connectivity index (χ0) is 14.3. The van der Waals surface area contributed by atoms with Crippen molar-refractivity contribution in [1.82, 2.24) is 4.90 Å². The lowest BCUT2D eigenvalue weighted by atomic mass is 10.1. The number of hydrogen-bond donors (Lipinski definition) is 3. The van der Waals surface area contributed by atoms with Gasteiger partial charge in [-0.2, -0.15) is 0 Å². The van der Waals surface area contributed by atoms with E-state index in [-0.39, 0.29) is 25.7 Å². The zero-order valence-electron chi connectivity index (χ0n) is 11.5. The molecule has 0 aliphatic carbocycles. The Balaban J connectivity index is 2.58. The Labute approximate surface area is 113 Å². The molecule has 0 heterocycles. The van der Waals surface area contributed by atoms with E-state index >= 15 is 0 Å². The second-order valence-electron chi connectivity index (χ2n) is 4.65. The number of amides is 1. The highest BCUT2D eigenvalue weighted by atomic mass is 16.3. The zero-order valence-corrected chi connectivity index (χ0v) is 11.5. The highest BCUT2D eigenvalue weighted by Crippen LogP contribution is 2.13.